The van der Waals surface area contributed by atoms with Crippen LogP contribution in [0.4, 0.5) is 24.0 Å². The van der Waals surface area contributed by atoms with Gasteiger partial charge >= 0.3 is 6.18 Å². The van der Waals surface area contributed by atoms with E-state index in [1.807, 2.05) is 13.0 Å². The first-order valence-corrected chi connectivity index (χ1v) is 8.03. The van der Waals surface area contributed by atoms with Crippen LogP contribution in [0, 0.1) is 11.3 Å². The summed E-state index contributed by atoms with van der Waals surface area (Å²) < 4.78 is 38.8. The van der Waals surface area contributed by atoms with Gasteiger partial charge in [-0.25, -0.2) is 4.98 Å². The molecule has 0 saturated heterocycles. The van der Waals surface area contributed by atoms with E-state index >= 15 is 0 Å². The van der Waals surface area contributed by atoms with Gasteiger partial charge in [0.25, 0.3) is 0 Å². The van der Waals surface area contributed by atoms with Crippen LogP contribution in [0.2, 0.25) is 0 Å². The van der Waals surface area contributed by atoms with Crippen molar-refractivity contribution >= 4 is 22.2 Å². The maximum atomic E-state index is 12.9. The first kappa shape index (κ1) is 16.9. The van der Waals surface area contributed by atoms with Crippen LogP contribution in [0.25, 0.3) is 11.4 Å². The number of nitrogens with one attached hydrogen (secondary N) is 1. The van der Waals surface area contributed by atoms with E-state index in [0.717, 1.165) is 12.1 Å². The molecule has 1 aromatic carbocycles. The average Bonchev–Trinajstić information content (AvgIpc) is 3.23. The van der Waals surface area contributed by atoms with Crippen molar-refractivity contribution in [2.24, 2.45) is 0 Å². The summed E-state index contributed by atoms with van der Waals surface area (Å²) in [6.07, 6.45) is -4.41. The van der Waals surface area contributed by atoms with Crippen LogP contribution in [0.3, 0.4) is 0 Å². The van der Waals surface area contributed by atoms with Crippen LogP contribution in [-0.2, 0) is 6.18 Å². The SMILES string of the molecule is CCN(c1cccc(C(F)(F)F)c1)c1nc(-c2n[nH]nc2C#N)cs1. The van der Waals surface area contributed by atoms with Gasteiger partial charge in [-0.3, -0.25) is 0 Å². The lowest BCUT2D eigenvalue weighted by Gasteiger charge is -2.21. The predicted octanol–water partition coefficient (Wildman–Crippen LogP) is 3.98. The van der Waals surface area contributed by atoms with Gasteiger partial charge < -0.3 is 4.90 Å². The van der Waals surface area contributed by atoms with E-state index in [0.29, 0.717) is 28.8 Å². The molecule has 2 heterocycles. The summed E-state index contributed by atoms with van der Waals surface area (Å²) in [5.74, 6) is 0. The Morgan fingerprint density at radius 1 is 1.32 bits per heavy atom. The monoisotopic (exact) mass is 364 g/mol. The Labute approximate surface area is 144 Å². The van der Waals surface area contributed by atoms with Crippen LogP contribution in [0.5, 0.6) is 0 Å². The van der Waals surface area contributed by atoms with Gasteiger partial charge in [-0.2, -0.15) is 28.7 Å². The molecule has 0 amide bonds. The first-order valence-electron chi connectivity index (χ1n) is 7.15. The quantitative estimate of drug-likeness (QED) is 0.757. The van der Waals surface area contributed by atoms with E-state index in [1.54, 1.807) is 16.3 Å². The van der Waals surface area contributed by atoms with Crippen LogP contribution >= 0.6 is 11.3 Å². The minimum absolute atomic E-state index is 0.110. The van der Waals surface area contributed by atoms with Crippen molar-refractivity contribution in [1.29, 1.82) is 5.26 Å². The molecule has 0 unspecified atom stereocenters. The van der Waals surface area contributed by atoms with Gasteiger partial charge in [0, 0.05) is 17.6 Å². The number of aromatic nitrogens is 4. The summed E-state index contributed by atoms with van der Waals surface area (Å²) in [7, 11) is 0. The van der Waals surface area contributed by atoms with Crippen LogP contribution in [0.1, 0.15) is 18.2 Å². The van der Waals surface area contributed by atoms with Gasteiger partial charge in [-0.1, -0.05) is 6.07 Å². The van der Waals surface area contributed by atoms with E-state index in [1.165, 1.54) is 17.4 Å². The normalized spacial score (nSPS) is 11.3. The second-order valence-electron chi connectivity index (χ2n) is 4.94. The summed E-state index contributed by atoms with van der Waals surface area (Å²) in [6, 6.07) is 6.97. The van der Waals surface area contributed by atoms with Gasteiger partial charge in [0.15, 0.2) is 10.8 Å². The number of rotatable bonds is 4. The second-order valence-corrected chi connectivity index (χ2v) is 5.78. The van der Waals surface area contributed by atoms with E-state index in [-0.39, 0.29) is 5.69 Å². The molecular formula is C15H11F3N6S. The van der Waals surface area contributed by atoms with Crippen LogP contribution in [0.15, 0.2) is 29.6 Å². The molecule has 128 valence electrons. The fourth-order valence-electron chi connectivity index (χ4n) is 2.26. The fraction of sp³-hybridized carbons (Fsp3) is 0.200. The molecule has 10 heteroatoms. The molecule has 0 saturated carbocycles. The van der Waals surface area contributed by atoms with Gasteiger partial charge in [0.2, 0.25) is 0 Å². The summed E-state index contributed by atoms with van der Waals surface area (Å²) in [6.45, 7) is 2.25. The number of hydrogen-bond donors (Lipinski definition) is 1. The molecule has 0 aliphatic carbocycles. The Morgan fingerprint density at radius 2 is 2.12 bits per heavy atom. The third-order valence-electron chi connectivity index (χ3n) is 3.42. The molecule has 0 fully saturated rings. The van der Waals surface area contributed by atoms with E-state index in [4.69, 9.17) is 5.26 Å². The predicted molar refractivity (Wildman–Crippen MR) is 86.3 cm³/mol. The lowest BCUT2D eigenvalue weighted by Crippen LogP contribution is -2.17. The van der Waals surface area contributed by atoms with Gasteiger partial charge in [0.1, 0.15) is 17.5 Å². The van der Waals surface area contributed by atoms with Crippen molar-refractivity contribution in [3.05, 3.63) is 40.9 Å². The molecule has 0 atom stereocenters. The molecule has 2 aromatic heterocycles. The number of benzene rings is 1. The van der Waals surface area contributed by atoms with Gasteiger partial charge in [0.05, 0.1) is 5.56 Å². The zero-order valence-electron chi connectivity index (χ0n) is 12.9. The highest BCUT2D eigenvalue weighted by molar-refractivity contribution is 7.14. The molecule has 0 aliphatic heterocycles. The number of halogens is 3. The van der Waals surface area contributed by atoms with Crippen LogP contribution in [-0.4, -0.2) is 26.9 Å². The summed E-state index contributed by atoms with van der Waals surface area (Å²) in [5.41, 5.74) is 0.530. The Kier molecular flexibility index (Phi) is 4.41. The zero-order valence-corrected chi connectivity index (χ0v) is 13.7. The van der Waals surface area contributed by atoms with Crippen molar-refractivity contribution in [3.8, 4) is 17.5 Å². The zero-order chi connectivity index (χ0) is 18.0. The van der Waals surface area contributed by atoms with Gasteiger partial charge in [-0.05, 0) is 25.1 Å². The number of aromatic amines is 1. The van der Waals surface area contributed by atoms with Crippen molar-refractivity contribution in [2.45, 2.75) is 13.1 Å². The molecule has 0 radical (unpaired) electrons. The topological polar surface area (TPSA) is 81.5 Å². The number of nitrogens with zero attached hydrogens (tertiary/aromatic N) is 5. The van der Waals surface area contributed by atoms with E-state index in [2.05, 4.69) is 20.4 Å². The third-order valence-corrected chi connectivity index (χ3v) is 4.28. The van der Waals surface area contributed by atoms with Crippen LogP contribution < -0.4 is 4.90 Å². The molecule has 3 rings (SSSR count). The molecule has 0 aliphatic rings. The minimum Gasteiger partial charge on any atom is -0.318 e. The van der Waals surface area contributed by atoms with Crippen molar-refractivity contribution in [3.63, 3.8) is 0 Å². The molecule has 0 bridgehead atoms. The molecule has 0 spiro atoms. The highest BCUT2D eigenvalue weighted by atomic mass is 32.1. The number of H-pyrrole nitrogens is 1. The maximum absolute atomic E-state index is 12.9. The Morgan fingerprint density at radius 3 is 2.80 bits per heavy atom. The first-order chi connectivity index (χ1) is 11.9. The highest BCUT2D eigenvalue weighted by Gasteiger charge is 2.31. The lowest BCUT2D eigenvalue weighted by molar-refractivity contribution is -0.137. The summed E-state index contributed by atoms with van der Waals surface area (Å²) >= 11 is 1.25. The van der Waals surface area contributed by atoms with Crippen molar-refractivity contribution in [2.75, 3.05) is 11.4 Å². The maximum Gasteiger partial charge on any atom is 0.416 e. The standard InChI is InChI=1S/C15H11F3N6S/c1-2-24(10-5-3-4-9(6-10)15(16,17)18)14-20-12(8-25-14)13-11(7-19)21-23-22-13/h3-6,8H,2H2,1H3,(H,21,22,23). The number of alkyl halides is 3. The lowest BCUT2D eigenvalue weighted by atomic mass is 10.2. The smallest absolute Gasteiger partial charge is 0.318 e. The fourth-order valence-corrected chi connectivity index (χ4v) is 3.16. The van der Waals surface area contributed by atoms with Crippen molar-refractivity contribution in [1.82, 2.24) is 20.4 Å². The summed E-state index contributed by atoms with van der Waals surface area (Å²) in [5, 5.41) is 21.2. The number of anilines is 2. The largest absolute Gasteiger partial charge is 0.416 e. The number of thiazole rings is 1. The van der Waals surface area contributed by atoms with Crippen molar-refractivity contribution < 1.29 is 13.2 Å². The molecule has 25 heavy (non-hydrogen) atoms. The van der Waals surface area contributed by atoms with Gasteiger partial charge in [-0.15, -0.1) is 16.4 Å². The molecular weight excluding hydrogens is 353 g/mol. The van der Waals surface area contributed by atoms with E-state index < -0.39 is 11.7 Å². The minimum atomic E-state index is -4.41. The number of nitriles is 1. The molecule has 3 aromatic rings. The molecule has 6 nitrogen and oxygen atoms in total. The second kappa shape index (κ2) is 6.52. The summed E-state index contributed by atoms with van der Waals surface area (Å²) in [4.78, 5) is 6.05. The Hall–Kier alpha value is -2.93. The number of hydrogen-bond acceptors (Lipinski definition) is 6. The average molecular weight is 364 g/mol. The highest BCUT2D eigenvalue weighted by Crippen LogP contribution is 2.35. The molecule has 1 N–H and O–H groups in total. The third kappa shape index (κ3) is 3.32. The van der Waals surface area contributed by atoms with E-state index in [9.17, 15) is 13.2 Å². The Bertz CT molecular complexity index is 924. The Balaban J connectivity index is 1.97.